The third kappa shape index (κ3) is 3.32. The van der Waals surface area contributed by atoms with Crippen LogP contribution in [0.1, 0.15) is 50.0 Å². The zero-order valence-corrected chi connectivity index (χ0v) is 18.4. The number of hydrogen-bond acceptors (Lipinski definition) is 7. The lowest BCUT2D eigenvalue weighted by Crippen LogP contribution is -2.29. The lowest BCUT2D eigenvalue weighted by atomic mass is 9.99. The van der Waals surface area contributed by atoms with Gasteiger partial charge in [-0.1, -0.05) is 35.6 Å². The number of carbonyl (C=O) groups excluding carboxylic acids is 2. The van der Waals surface area contributed by atoms with Crippen molar-refractivity contribution in [3.63, 3.8) is 0 Å². The number of esters is 1. The lowest BCUT2D eigenvalue weighted by molar-refractivity contribution is 0.0531. The van der Waals surface area contributed by atoms with Crippen LogP contribution in [0, 0.1) is 12.7 Å². The van der Waals surface area contributed by atoms with Crippen LogP contribution in [0.4, 0.5) is 9.52 Å². The molecule has 0 fully saturated rings. The highest BCUT2D eigenvalue weighted by atomic mass is 32.1. The normalized spacial score (nSPS) is 15.2. The largest absolute Gasteiger partial charge is 0.462 e. The summed E-state index contributed by atoms with van der Waals surface area (Å²) >= 11 is 0.993. The minimum absolute atomic E-state index is 0.0986. The number of thiazole rings is 1. The van der Waals surface area contributed by atoms with Crippen LogP contribution < -0.4 is 10.3 Å². The first-order valence-corrected chi connectivity index (χ1v) is 11.0. The summed E-state index contributed by atoms with van der Waals surface area (Å²) in [5.41, 5.74) is 1.000. The smallest absolute Gasteiger partial charge is 0.350 e. The Bertz CT molecular complexity index is 1470. The monoisotopic (exact) mass is 464 g/mol. The van der Waals surface area contributed by atoms with Crippen molar-refractivity contribution in [3.05, 3.63) is 92.0 Å². The van der Waals surface area contributed by atoms with Gasteiger partial charge in [0.05, 0.1) is 29.3 Å². The molecule has 0 unspecified atom stereocenters. The highest BCUT2D eigenvalue weighted by Crippen LogP contribution is 2.43. The molecule has 5 rings (SSSR count). The molecule has 0 N–H and O–H groups in total. The molecule has 1 aliphatic heterocycles. The van der Waals surface area contributed by atoms with E-state index in [9.17, 15) is 18.8 Å². The molecule has 2 aromatic carbocycles. The van der Waals surface area contributed by atoms with Crippen LogP contribution in [0.25, 0.3) is 11.0 Å². The van der Waals surface area contributed by atoms with Gasteiger partial charge in [-0.2, -0.15) is 0 Å². The number of benzene rings is 2. The van der Waals surface area contributed by atoms with Crippen LogP contribution in [0.5, 0.6) is 0 Å². The minimum atomic E-state index is -0.894. The van der Waals surface area contributed by atoms with Crippen LogP contribution in [0.3, 0.4) is 0 Å². The fourth-order valence-electron chi connectivity index (χ4n) is 3.95. The Labute approximate surface area is 191 Å². The number of hydrogen-bond donors (Lipinski definition) is 0. The number of amides is 1. The van der Waals surface area contributed by atoms with Crippen molar-refractivity contribution >= 4 is 39.3 Å². The van der Waals surface area contributed by atoms with Gasteiger partial charge in [0.2, 0.25) is 5.76 Å². The molecule has 0 spiro atoms. The SMILES string of the molecule is CCOC(=O)c1sc(N2C(=O)c3oc4ccccc4c(=O)c3[C@H]2c2ccc(F)cc2)nc1C. The van der Waals surface area contributed by atoms with Gasteiger partial charge in [-0.05, 0) is 43.7 Å². The third-order valence-electron chi connectivity index (χ3n) is 5.42. The molecule has 7 nitrogen and oxygen atoms in total. The van der Waals surface area contributed by atoms with Crippen molar-refractivity contribution < 1.29 is 23.1 Å². The van der Waals surface area contributed by atoms with E-state index in [0.717, 1.165) is 11.3 Å². The first-order valence-electron chi connectivity index (χ1n) is 10.2. The topological polar surface area (TPSA) is 89.7 Å². The van der Waals surface area contributed by atoms with E-state index in [1.54, 1.807) is 38.1 Å². The summed E-state index contributed by atoms with van der Waals surface area (Å²) < 4.78 is 24.6. The Morgan fingerprint density at radius 1 is 1.18 bits per heavy atom. The summed E-state index contributed by atoms with van der Waals surface area (Å²) in [7, 11) is 0. The number of aryl methyl sites for hydroxylation is 1. The Balaban J connectivity index is 1.74. The molecule has 166 valence electrons. The number of fused-ring (bicyclic) bond motifs is 2. The van der Waals surface area contributed by atoms with E-state index in [1.807, 2.05) is 0 Å². The standard InChI is InChI=1S/C24H17FN2O5S/c1-3-31-23(30)21-12(2)26-24(33-21)27-18(13-8-10-14(25)11-9-13)17-19(28)15-6-4-5-7-16(15)32-20(17)22(27)29/h4-11,18H,3H2,1-2H3/t18-/m1/s1. The molecule has 1 amide bonds. The molecule has 9 heteroatoms. The third-order valence-corrected chi connectivity index (χ3v) is 6.55. The van der Waals surface area contributed by atoms with E-state index in [-0.39, 0.29) is 39.0 Å². The van der Waals surface area contributed by atoms with Crippen LogP contribution in [-0.4, -0.2) is 23.5 Å². The van der Waals surface area contributed by atoms with Crippen molar-refractivity contribution in [2.75, 3.05) is 11.5 Å². The molecule has 0 saturated carbocycles. The van der Waals surface area contributed by atoms with E-state index >= 15 is 0 Å². The predicted molar refractivity (Wildman–Crippen MR) is 120 cm³/mol. The van der Waals surface area contributed by atoms with Gasteiger partial charge < -0.3 is 9.15 Å². The second-order valence-corrected chi connectivity index (χ2v) is 8.41. The van der Waals surface area contributed by atoms with Gasteiger partial charge in [0.1, 0.15) is 16.3 Å². The summed E-state index contributed by atoms with van der Waals surface area (Å²) in [5, 5.41) is 0.547. The van der Waals surface area contributed by atoms with Crippen LogP contribution >= 0.6 is 11.3 Å². The fraction of sp³-hybridized carbons (Fsp3) is 0.167. The van der Waals surface area contributed by atoms with Crippen molar-refractivity contribution in [3.8, 4) is 0 Å². The van der Waals surface area contributed by atoms with E-state index in [4.69, 9.17) is 9.15 Å². The number of halogens is 1. The molecule has 0 bridgehead atoms. The number of nitrogens with zero attached hydrogens (tertiary/aromatic N) is 2. The molecule has 0 radical (unpaired) electrons. The molecule has 33 heavy (non-hydrogen) atoms. The molecule has 0 aliphatic carbocycles. The molecule has 4 aromatic rings. The number of para-hydroxylation sites is 1. The van der Waals surface area contributed by atoms with E-state index in [2.05, 4.69) is 4.98 Å². The van der Waals surface area contributed by atoms with Crippen LogP contribution in [0.2, 0.25) is 0 Å². The summed E-state index contributed by atoms with van der Waals surface area (Å²) in [4.78, 5) is 45.3. The second kappa shape index (κ2) is 7.93. The Morgan fingerprint density at radius 2 is 1.91 bits per heavy atom. The molecular formula is C24H17FN2O5S. The van der Waals surface area contributed by atoms with Gasteiger partial charge in [0.25, 0.3) is 5.91 Å². The maximum absolute atomic E-state index is 13.6. The zero-order chi connectivity index (χ0) is 23.3. The maximum Gasteiger partial charge on any atom is 0.350 e. The molecule has 2 aromatic heterocycles. The van der Waals surface area contributed by atoms with E-state index < -0.39 is 23.7 Å². The van der Waals surface area contributed by atoms with Gasteiger partial charge in [0.15, 0.2) is 10.6 Å². The highest BCUT2D eigenvalue weighted by Gasteiger charge is 2.45. The molecule has 3 heterocycles. The Kier molecular flexibility index (Phi) is 5.05. The van der Waals surface area contributed by atoms with Crippen molar-refractivity contribution in [1.82, 2.24) is 4.98 Å². The number of rotatable bonds is 4. The average molecular weight is 464 g/mol. The zero-order valence-electron chi connectivity index (χ0n) is 17.6. The van der Waals surface area contributed by atoms with Gasteiger partial charge in [0, 0.05) is 0 Å². The van der Waals surface area contributed by atoms with Gasteiger partial charge in [-0.3, -0.25) is 14.5 Å². The summed E-state index contributed by atoms with van der Waals surface area (Å²) in [6, 6.07) is 11.3. The summed E-state index contributed by atoms with van der Waals surface area (Å²) in [6.07, 6.45) is 0. The van der Waals surface area contributed by atoms with E-state index in [0.29, 0.717) is 16.6 Å². The fourth-order valence-corrected chi connectivity index (χ4v) is 4.94. The Hall–Kier alpha value is -3.85. The molecule has 1 aliphatic rings. The lowest BCUT2D eigenvalue weighted by Gasteiger charge is -2.22. The van der Waals surface area contributed by atoms with Gasteiger partial charge >= 0.3 is 5.97 Å². The number of anilines is 1. The Morgan fingerprint density at radius 3 is 2.64 bits per heavy atom. The average Bonchev–Trinajstić information content (AvgIpc) is 3.32. The van der Waals surface area contributed by atoms with Crippen molar-refractivity contribution in [2.24, 2.45) is 0 Å². The second-order valence-electron chi connectivity index (χ2n) is 7.43. The quantitative estimate of drug-likeness (QED) is 0.409. The van der Waals surface area contributed by atoms with Crippen LogP contribution in [-0.2, 0) is 4.74 Å². The first kappa shape index (κ1) is 21.0. The molecule has 0 saturated heterocycles. The van der Waals surface area contributed by atoms with E-state index in [1.165, 1.54) is 29.2 Å². The predicted octanol–water partition coefficient (Wildman–Crippen LogP) is 4.62. The maximum atomic E-state index is 13.6. The number of carbonyl (C=O) groups is 2. The number of ether oxygens (including phenoxy) is 1. The molecular weight excluding hydrogens is 447 g/mol. The van der Waals surface area contributed by atoms with Crippen molar-refractivity contribution in [1.29, 1.82) is 0 Å². The summed E-state index contributed by atoms with van der Waals surface area (Å²) in [5.74, 6) is -1.65. The number of aromatic nitrogens is 1. The van der Waals surface area contributed by atoms with Gasteiger partial charge in [-0.15, -0.1) is 0 Å². The molecule has 1 atom stereocenters. The van der Waals surface area contributed by atoms with Gasteiger partial charge in [-0.25, -0.2) is 14.2 Å². The summed E-state index contributed by atoms with van der Waals surface area (Å²) in [6.45, 7) is 3.54. The minimum Gasteiger partial charge on any atom is -0.462 e. The van der Waals surface area contributed by atoms with Crippen molar-refractivity contribution in [2.45, 2.75) is 19.9 Å². The van der Waals surface area contributed by atoms with Crippen LogP contribution in [0.15, 0.2) is 57.7 Å². The first-order chi connectivity index (χ1) is 15.9. The highest BCUT2D eigenvalue weighted by molar-refractivity contribution is 7.17.